The molecule has 6 heteroatoms. The topological polar surface area (TPSA) is 57.2 Å². The molecule has 0 spiro atoms. The molecule has 6 aromatic rings. The summed E-state index contributed by atoms with van der Waals surface area (Å²) < 4.78 is 27.2. The smallest absolute Gasteiger partial charge is 0.166 e. The highest BCUT2D eigenvalue weighted by molar-refractivity contribution is 7.99. The van der Waals surface area contributed by atoms with Crippen LogP contribution in [-0.2, 0) is 33.9 Å². The van der Waals surface area contributed by atoms with E-state index in [1.807, 2.05) is 11.8 Å². The van der Waals surface area contributed by atoms with E-state index in [4.69, 9.17) is 13.0 Å². The lowest BCUT2D eigenvalue weighted by Gasteiger charge is -2.11. The molecule has 0 fully saturated rings. The van der Waals surface area contributed by atoms with Gasteiger partial charge >= 0.3 is 0 Å². The molecule has 6 aromatic carbocycles. The summed E-state index contributed by atoms with van der Waals surface area (Å²) in [5.41, 5.74) is 11.3. The zero-order valence-corrected chi connectivity index (χ0v) is 27.1. The van der Waals surface area contributed by atoms with Gasteiger partial charge in [0.05, 0.1) is 21.0 Å². The van der Waals surface area contributed by atoms with Crippen LogP contribution in [0.1, 0.15) is 22.3 Å². The molecule has 0 bridgehead atoms. The van der Waals surface area contributed by atoms with Crippen molar-refractivity contribution in [2.24, 2.45) is 0 Å². The molecule has 0 amide bonds. The van der Waals surface area contributed by atoms with Crippen molar-refractivity contribution in [2.75, 3.05) is 6.26 Å². The Bertz CT molecular complexity index is 2110. The van der Waals surface area contributed by atoms with Crippen LogP contribution in [0.25, 0.3) is 22.3 Å². The Labute approximate surface area is 272 Å². The van der Waals surface area contributed by atoms with E-state index in [0.29, 0.717) is 6.26 Å². The molecule has 0 N–H and O–H groups in total. The largest absolute Gasteiger partial charge is 0.748 e. The highest BCUT2D eigenvalue weighted by Gasteiger charge is 2.30. The maximum Gasteiger partial charge on any atom is 0.166 e. The van der Waals surface area contributed by atoms with Crippen molar-refractivity contribution in [1.82, 2.24) is 0 Å². The molecule has 0 heterocycles. The van der Waals surface area contributed by atoms with Crippen LogP contribution in [0.5, 0.6) is 0 Å². The van der Waals surface area contributed by atoms with Crippen LogP contribution in [0.3, 0.4) is 0 Å². The SMILES string of the molecule is CS(=O)(=O)[O-].c1ccc([S+](c2ccc(Sc3ccc4c(c3)Cc3ccccc3-4)cc2)c2ccc3c(c2)Cc2ccccc2-3)cc1. The summed E-state index contributed by atoms with van der Waals surface area (Å²) in [7, 11) is -4.08. The lowest BCUT2D eigenvalue weighted by molar-refractivity contribution is 0.470. The minimum absolute atomic E-state index is 0.159. The van der Waals surface area contributed by atoms with Crippen LogP contribution in [0.15, 0.2) is 164 Å². The van der Waals surface area contributed by atoms with E-state index in [-0.39, 0.29) is 10.9 Å². The number of rotatable bonds is 5. The normalized spacial score (nSPS) is 13.1. The third-order valence-electron chi connectivity index (χ3n) is 8.04. The summed E-state index contributed by atoms with van der Waals surface area (Å²) >= 11 is 1.86. The third-order valence-corrected chi connectivity index (χ3v) is 11.3. The second-order valence-corrected chi connectivity index (χ2v) is 15.8. The first kappa shape index (κ1) is 29.6. The Morgan fingerprint density at radius 3 is 1.58 bits per heavy atom. The molecule has 0 saturated heterocycles. The standard InChI is InChI=1S/C38H27S2.CH4O3S/c1-2-10-32(11-3-1)40(34-19-21-38-29(25-34)23-27-9-5-7-13-36(27)38)33-17-14-30(15-18-33)39-31-16-20-37-28(24-31)22-26-8-4-6-12-35(26)37;1-5(2,3)4/h1-21,24-25H,22-23H2;1H3,(H,2,3,4)/q+1;/p-1. The molecule has 1 atom stereocenters. The molecule has 0 radical (unpaired) electrons. The van der Waals surface area contributed by atoms with Crippen molar-refractivity contribution < 1.29 is 13.0 Å². The Kier molecular flexibility index (Phi) is 8.15. The molecule has 0 aromatic heterocycles. The average molecular weight is 643 g/mol. The summed E-state index contributed by atoms with van der Waals surface area (Å²) in [4.78, 5) is 6.68. The summed E-state index contributed by atoms with van der Waals surface area (Å²) in [5, 5.41) is 0. The molecule has 222 valence electrons. The number of fused-ring (bicyclic) bond motifs is 6. The summed E-state index contributed by atoms with van der Waals surface area (Å²) in [6.45, 7) is 0. The summed E-state index contributed by atoms with van der Waals surface area (Å²) in [6.07, 6.45) is 2.66. The maximum atomic E-state index is 9.08. The summed E-state index contributed by atoms with van der Waals surface area (Å²) in [6, 6.07) is 52.0. The van der Waals surface area contributed by atoms with Crippen LogP contribution in [-0.4, -0.2) is 19.2 Å². The Morgan fingerprint density at radius 1 is 0.511 bits per heavy atom. The first-order valence-corrected chi connectivity index (χ1v) is 18.6. The number of benzene rings is 6. The van der Waals surface area contributed by atoms with Crippen molar-refractivity contribution in [3.63, 3.8) is 0 Å². The first-order valence-electron chi connectivity index (χ1n) is 14.7. The molecule has 2 aliphatic carbocycles. The predicted octanol–water partition coefficient (Wildman–Crippen LogP) is 9.24. The van der Waals surface area contributed by atoms with Gasteiger partial charge in [-0.1, -0.05) is 84.6 Å². The van der Waals surface area contributed by atoms with Crippen LogP contribution in [0.2, 0.25) is 0 Å². The number of hydrogen-bond acceptors (Lipinski definition) is 4. The first-order chi connectivity index (χ1) is 21.8. The van der Waals surface area contributed by atoms with E-state index in [0.717, 1.165) is 12.8 Å². The highest BCUT2D eigenvalue weighted by atomic mass is 32.2. The fraction of sp³-hybridized carbons (Fsp3) is 0.0769. The average Bonchev–Trinajstić information content (AvgIpc) is 3.59. The Balaban J connectivity index is 0.000000606. The van der Waals surface area contributed by atoms with Gasteiger partial charge in [-0.3, -0.25) is 0 Å². The van der Waals surface area contributed by atoms with Gasteiger partial charge in [-0.05, 0) is 124 Å². The van der Waals surface area contributed by atoms with Crippen LogP contribution >= 0.6 is 11.8 Å². The van der Waals surface area contributed by atoms with Crippen molar-refractivity contribution in [3.8, 4) is 22.3 Å². The maximum absolute atomic E-state index is 9.08. The molecule has 0 saturated carbocycles. The quantitative estimate of drug-likeness (QED) is 0.139. The minimum Gasteiger partial charge on any atom is -0.748 e. The third kappa shape index (κ3) is 6.51. The van der Waals surface area contributed by atoms with Gasteiger partial charge in [0.25, 0.3) is 0 Å². The van der Waals surface area contributed by atoms with Gasteiger partial charge in [0.15, 0.2) is 14.7 Å². The van der Waals surface area contributed by atoms with Gasteiger partial charge < -0.3 is 4.55 Å². The van der Waals surface area contributed by atoms with Gasteiger partial charge in [0.1, 0.15) is 0 Å². The van der Waals surface area contributed by atoms with E-state index in [1.165, 1.54) is 69.0 Å². The highest BCUT2D eigenvalue weighted by Crippen LogP contribution is 2.42. The molecule has 45 heavy (non-hydrogen) atoms. The van der Waals surface area contributed by atoms with Gasteiger partial charge in [-0.25, -0.2) is 8.42 Å². The predicted molar refractivity (Wildman–Crippen MR) is 184 cm³/mol. The van der Waals surface area contributed by atoms with Crippen LogP contribution < -0.4 is 0 Å². The van der Waals surface area contributed by atoms with E-state index in [1.54, 1.807) is 0 Å². The molecule has 1 unspecified atom stereocenters. The van der Waals surface area contributed by atoms with Gasteiger partial charge in [-0.2, -0.15) is 0 Å². The van der Waals surface area contributed by atoms with Crippen molar-refractivity contribution in [3.05, 3.63) is 162 Å². The molecular weight excluding hydrogens is 613 g/mol. The van der Waals surface area contributed by atoms with Crippen LogP contribution in [0.4, 0.5) is 0 Å². The number of hydrogen-bond donors (Lipinski definition) is 0. The molecule has 0 aliphatic heterocycles. The lowest BCUT2D eigenvalue weighted by Crippen LogP contribution is -2.05. The van der Waals surface area contributed by atoms with Gasteiger partial charge in [0, 0.05) is 16.0 Å². The molecule has 8 rings (SSSR count). The molecule has 3 nitrogen and oxygen atoms in total. The van der Waals surface area contributed by atoms with Gasteiger partial charge in [-0.15, -0.1) is 0 Å². The van der Waals surface area contributed by atoms with E-state index in [2.05, 4.69) is 140 Å². The second kappa shape index (κ2) is 12.4. The molecular formula is C39H30O3S3. The van der Waals surface area contributed by atoms with Crippen molar-refractivity contribution in [1.29, 1.82) is 0 Å². The zero-order valence-electron chi connectivity index (χ0n) is 24.6. The fourth-order valence-corrected chi connectivity index (χ4v) is 9.18. The Hall–Kier alpha value is -4.07. The van der Waals surface area contributed by atoms with Crippen LogP contribution in [0, 0.1) is 0 Å². The van der Waals surface area contributed by atoms with Gasteiger partial charge in [0.2, 0.25) is 0 Å². The monoisotopic (exact) mass is 642 g/mol. The Morgan fingerprint density at radius 2 is 0.956 bits per heavy atom. The van der Waals surface area contributed by atoms with E-state index >= 15 is 0 Å². The summed E-state index contributed by atoms with van der Waals surface area (Å²) in [5.74, 6) is 0. The van der Waals surface area contributed by atoms with Crippen molar-refractivity contribution in [2.45, 2.75) is 37.3 Å². The van der Waals surface area contributed by atoms with Crippen molar-refractivity contribution >= 4 is 32.8 Å². The fourth-order valence-electron chi connectivity index (χ4n) is 6.18. The minimum atomic E-state index is -3.92. The second-order valence-electron chi connectivity index (χ2n) is 11.2. The molecule has 2 aliphatic rings. The lowest BCUT2D eigenvalue weighted by atomic mass is 10.1. The van der Waals surface area contributed by atoms with E-state index < -0.39 is 10.1 Å². The zero-order chi connectivity index (χ0) is 31.0. The van der Waals surface area contributed by atoms with E-state index in [9.17, 15) is 0 Å².